The van der Waals surface area contributed by atoms with Crippen LogP contribution in [0.5, 0.6) is 0 Å². The molecule has 1 saturated heterocycles. The number of amides is 3. The number of aliphatic hydroxyl groups is 1. The van der Waals surface area contributed by atoms with Gasteiger partial charge >= 0.3 is 5.97 Å². The number of thiazole rings is 1. The van der Waals surface area contributed by atoms with Crippen LogP contribution in [0.3, 0.4) is 0 Å². The third kappa shape index (κ3) is 7.16. The van der Waals surface area contributed by atoms with Crippen LogP contribution in [-0.4, -0.2) is 68.5 Å². The molecule has 1 aliphatic heterocycles. The monoisotopic (exact) mass is 544 g/mol. The minimum Gasteiger partial charge on any atom is -0.481 e. The molecule has 2 aromatic rings. The van der Waals surface area contributed by atoms with Crippen molar-refractivity contribution in [3.63, 3.8) is 0 Å². The maximum absolute atomic E-state index is 13.6. The Morgan fingerprint density at radius 2 is 1.79 bits per heavy atom. The lowest BCUT2D eigenvalue weighted by Gasteiger charge is -2.35. The van der Waals surface area contributed by atoms with E-state index in [1.807, 2.05) is 38.1 Å². The highest BCUT2D eigenvalue weighted by Gasteiger charge is 2.44. The highest BCUT2D eigenvalue weighted by atomic mass is 32.1. The third-order valence-corrected chi connectivity index (χ3v) is 7.60. The average Bonchev–Trinajstić information content (AvgIpc) is 3.45. The van der Waals surface area contributed by atoms with E-state index in [4.69, 9.17) is 5.11 Å². The molecule has 1 unspecified atom stereocenters. The number of aliphatic carboxylic acids is 1. The summed E-state index contributed by atoms with van der Waals surface area (Å²) in [6.07, 6.45) is -1.42. The number of carboxylic acid groups (broad SMARTS) is 1. The quantitative estimate of drug-likeness (QED) is 0.379. The summed E-state index contributed by atoms with van der Waals surface area (Å²) in [6, 6.07) is 5.60. The van der Waals surface area contributed by atoms with Gasteiger partial charge in [-0.05, 0) is 30.4 Å². The Bertz CT molecular complexity index is 1170. The Morgan fingerprint density at radius 3 is 2.34 bits per heavy atom. The number of benzene rings is 1. The molecule has 1 fully saturated rings. The Balaban J connectivity index is 1.71. The predicted molar refractivity (Wildman–Crippen MR) is 143 cm³/mol. The van der Waals surface area contributed by atoms with Crippen LogP contribution in [-0.2, 0) is 19.2 Å². The summed E-state index contributed by atoms with van der Waals surface area (Å²) in [5.74, 6) is -2.56. The summed E-state index contributed by atoms with van der Waals surface area (Å²) in [5, 5.41) is 24.8. The minimum atomic E-state index is -1.11. The summed E-state index contributed by atoms with van der Waals surface area (Å²) in [6.45, 7) is 9.09. The number of likely N-dealkylation sites (tertiary alicyclic amines) is 1. The number of carbonyl (C=O) groups is 4. The van der Waals surface area contributed by atoms with Gasteiger partial charge in [0.1, 0.15) is 12.1 Å². The van der Waals surface area contributed by atoms with E-state index in [-0.39, 0.29) is 31.8 Å². The molecule has 1 aromatic heterocycles. The van der Waals surface area contributed by atoms with Crippen molar-refractivity contribution in [3.8, 4) is 10.4 Å². The maximum Gasteiger partial charge on any atom is 0.303 e. The molecule has 2 heterocycles. The zero-order chi connectivity index (χ0) is 28.2. The first-order valence-corrected chi connectivity index (χ1v) is 13.5. The van der Waals surface area contributed by atoms with Gasteiger partial charge in [0.15, 0.2) is 0 Å². The number of hydrogen-bond acceptors (Lipinski definition) is 7. The van der Waals surface area contributed by atoms with Crippen LogP contribution < -0.4 is 10.6 Å². The number of rotatable bonds is 9. The van der Waals surface area contributed by atoms with Gasteiger partial charge in [-0.15, -0.1) is 11.3 Å². The normalized spacial score (nSPS) is 19.1. The van der Waals surface area contributed by atoms with Crippen molar-refractivity contribution in [1.82, 2.24) is 20.5 Å². The molecule has 10 nitrogen and oxygen atoms in total. The first kappa shape index (κ1) is 29.2. The molecule has 4 atom stereocenters. The van der Waals surface area contributed by atoms with Crippen molar-refractivity contribution in [2.75, 3.05) is 6.54 Å². The van der Waals surface area contributed by atoms with Crippen LogP contribution in [0.2, 0.25) is 0 Å². The standard InChI is InChI=1S/C27H36N4O6S/c1-15(17-6-8-18(9-7-17)23-16(2)28-14-38-23)29-25(36)20-12-19(32)13-31(20)26(37)24(27(3,4)5)30-21(33)10-11-22(34)35/h6-9,14-15,19-20,24,32H,10-13H2,1-5H3,(H,29,36)(H,30,33)(H,34,35)/t15-,19+,20-,24?/m0/s1. The summed E-state index contributed by atoms with van der Waals surface area (Å²) >= 11 is 1.56. The summed E-state index contributed by atoms with van der Waals surface area (Å²) in [7, 11) is 0. The molecule has 0 radical (unpaired) electrons. The van der Waals surface area contributed by atoms with E-state index in [2.05, 4.69) is 15.6 Å². The third-order valence-electron chi connectivity index (χ3n) is 6.63. The van der Waals surface area contributed by atoms with Gasteiger partial charge in [0, 0.05) is 19.4 Å². The van der Waals surface area contributed by atoms with Crippen LogP contribution in [0.25, 0.3) is 10.4 Å². The molecule has 38 heavy (non-hydrogen) atoms. The first-order chi connectivity index (χ1) is 17.8. The van der Waals surface area contributed by atoms with E-state index < -0.39 is 47.3 Å². The largest absolute Gasteiger partial charge is 0.481 e. The van der Waals surface area contributed by atoms with Gasteiger partial charge in [-0.25, -0.2) is 4.98 Å². The fourth-order valence-electron chi connectivity index (χ4n) is 4.47. The number of β-amino-alcohol motifs (C(OH)–C–C–N with tert-alkyl or cyclic N) is 1. The zero-order valence-electron chi connectivity index (χ0n) is 22.4. The van der Waals surface area contributed by atoms with Crippen LogP contribution in [0.1, 0.15) is 64.3 Å². The van der Waals surface area contributed by atoms with Gasteiger partial charge in [0.25, 0.3) is 0 Å². The van der Waals surface area contributed by atoms with Crippen molar-refractivity contribution >= 4 is 35.0 Å². The topological polar surface area (TPSA) is 149 Å². The van der Waals surface area contributed by atoms with E-state index >= 15 is 0 Å². The molecule has 0 bridgehead atoms. The number of aryl methyl sites for hydroxylation is 1. The first-order valence-electron chi connectivity index (χ1n) is 12.6. The van der Waals surface area contributed by atoms with Gasteiger partial charge in [0.05, 0.1) is 34.6 Å². The summed E-state index contributed by atoms with van der Waals surface area (Å²) in [4.78, 5) is 56.7. The minimum absolute atomic E-state index is 0.0359. The zero-order valence-corrected chi connectivity index (χ0v) is 23.2. The SMILES string of the molecule is Cc1ncsc1-c1ccc([C@H](C)NC(=O)[C@@H]2C[C@@H](O)CN2C(=O)C(NC(=O)CCC(=O)O)C(C)(C)C)cc1. The molecule has 3 amide bonds. The number of aliphatic hydroxyl groups excluding tert-OH is 1. The van der Waals surface area contributed by atoms with Gasteiger partial charge in [0.2, 0.25) is 17.7 Å². The molecule has 0 aliphatic carbocycles. The Kier molecular flexibility index (Phi) is 9.26. The predicted octanol–water partition coefficient (Wildman–Crippen LogP) is 2.65. The number of nitrogens with one attached hydrogen (secondary N) is 2. The lowest BCUT2D eigenvalue weighted by Crippen LogP contribution is -2.57. The Labute approximate surface area is 226 Å². The highest BCUT2D eigenvalue weighted by molar-refractivity contribution is 7.13. The number of carbonyl (C=O) groups excluding carboxylic acids is 3. The van der Waals surface area contributed by atoms with Gasteiger partial charge < -0.3 is 25.7 Å². The van der Waals surface area contributed by atoms with Crippen molar-refractivity contribution < 1.29 is 29.4 Å². The smallest absolute Gasteiger partial charge is 0.303 e. The van der Waals surface area contributed by atoms with Gasteiger partial charge in [-0.2, -0.15) is 0 Å². The Hall–Kier alpha value is -3.31. The molecular formula is C27H36N4O6S. The lowest BCUT2D eigenvalue weighted by molar-refractivity contribution is -0.144. The van der Waals surface area contributed by atoms with E-state index in [1.165, 1.54) is 4.90 Å². The van der Waals surface area contributed by atoms with E-state index in [0.29, 0.717) is 0 Å². The fraction of sp³-hybridized carbons (Fsp3) is 0.519. The molecular weight excluding hydrogens is 508 g/mol. The van der Waals surface area contributed by atoms with E-state index in [9.17, 15) is 24.3 Å². The van der Waals surface area contributed by atoms with Crippen molar-refractivity contribution in [3.05, 3.63) is 41.0 Å². The van der Waals surface area contributed by atoms with Gasteiger partial charge in [-0.1, -0.05) is 45.0 Å². The summed E-state index contributed by atoms with van der Waals surface area (Å²) < 4.78 is 0. The number of carboxylic acids is 1. The van der Waals surface area contributed by atoms with Crippen LogP contribution >= 0.6 is 11.3 Å². The maximum atomic E-state index is 13.6. The molecule has 206 valence electrons. The molecule has 1 aromatic carbocycles. The molecule has 0 spiro atoms. The molecule has 1 aliphatic rings. The van der Waals surface area contributed by atoms with Gasteiger partial charge in [-0.3, -0.25) is 19.2 Å². The van der Waals surface area contributed by atoms with E-state index in [0.717, 1.165) is 21.7 Å². The number of hydrogen-bond donors (Lipinski definition) is 4. The second-order valence-electron chi connectivity index (χ2n) is 10.8. The number of nitrogens with zero attached hydrogens (tertiary/aromatic N) is 2. The highest BCUT2D eigenvalue weighted by Crippen LogP contribution is 2.29. The van der Waals surface area contributed by atoms with Crippen LogP contribution in [0.15, 0.2) is 29.8 Å². The molecule has 4 N–H and O–H groups in total. The van der Waals surface area contributed by atoms with Crippen molar-refractivity contribution in [2.24, 2.45) is 5.41 Å². The molecule has 0 saturated carbocycles. The van der Waals surface area contributed by atoms with Crippen LogP contribution in [0, 0.1) is 12.3 Å². The second-order valence-corrected chi connectivity index (χ2v) is 11.6. The molecule has 11 heteroatoms. The number of aromatic nitrogens is 1. The van der Waals surface area contributed by atoms with Crippen molar-refractivity contribution in [2.45, 2.75) is 78.1 Å². The second kappa shape index (κ2) is 12.0. The van der Waals surface area contributed by atoms with Crippen molar-refractivity contribution in [1.29, 1.82) is 0 Å². The fourth-order valence-corrected chi connectivity index (χ4v) is 5.28. The average molecular weight is 545 g/mol. The Morgan fingerprint density at radius 1 is 1.13 bits per heavy atom. The molecule has 3 rings (SSSR count). The lowest BCUT2D eigenvalue weighted by atomic mass is 9.85. The summed E-state index contributed by atoms with van der Waals surface area (Å²) in [5.41, 5.74) is 3.98. The van der Waals surface area contributed by atoms with E-state index in [1.54, 1.807) is 37.6 Å². The van der Waals surface area contributed by atoms with Crippen LogP contribution in [0.4, 0.5) is 0 Å².